The lowest BCUT2D eigenvalue weighted by atomic mass is 10.0. The van der Waals surface area contributed by atoms with Gasteiger partial charge in [-0.15, -0.1) is 0 Å². The van der Waals surface area contributed by atoms with Gasteiger partial charge in [-0.3, -0.25) is 0 Å². The fraction of sp³-hybridized carbons (Fsp3) is 0.333. The molecule has 0 spiro atoms. The van der Waals surface area contributed by atoms with Gasteiger partial charge < -0.3 is 15.9 Å². The zero-order valence-electron chi connectivity index (χ0n) is 7.32. The van der Waals surface area contributed by atoms with Crippen molar-refractivity contribution in [1.82, 2.24) is 0 Å². The minimum atomic E-state index is -2.49. The van der Waals surface area contributed by atoms with E-state index >= 15 is 0 Å². The molecule has 1 rings (SSSR count). The summed E-state index contributed by atoms with van der Waals surface area (Å²) in [6.45, 7) is 0. The summed E-state index contributed by atoms with van der Waals surface area (Å²) in [4.78, 5) is 0. The first-order chi connectivity index (χ1) is 6.50. The van der Waals surface area contributed by atoms with E-state index in [4.69, 9.17) is 15.9 Å². The smallest absolute Gasteiger partial charge is 0.240 e. The van der Waals surface area contributed by atoms with Gasteiger partial charge in [0, 0.05) is 12.5 Å². The largest absolute Gasteiger partial charge is 0.504 e. The molecule has 0 heterocycles. The Kier molecular flexibility index (Phi) is 3.24. The van der Waals surface area contributed by atoms with Crippen LogP contribution < -0.4 is 5.73 Å². The van der Waals surface area contributed by atoms with Crippen LogP contribution in [0.25, 0.3) is 0 Å². The molecule has 14 heavy (non-hydrogen) atoms. The van der Waals surface area contributed by atoms with E-state index in [-0.39, 0.29) is 11.5 Å². The summed E-state index contributed by atoms with van der Waals surface area (Å²) in [5.41, 5.74) is 5.82. The zero-order valence-corrected chi connectivity index (χ0v) is 7.32. The number of hydrogen-bond acceptors (Lipinski definition) is 3. The lowest BCUT2D eigenvalue weighted by molar-refractivity contribution is 0.128. The molecule has 0 saturated carbocycles. The van der Waals surface area contributed by atoms with Crippen LogP contribution in [-0.4, -0.2) is 16.6 Å². The molecule has 0 aliphatic heterocycles. The quantitative estimate of drug-likeness (QED) is 0.655. The highest BCUT2D eigenvalue weighted by Gasteiger charge is 2.13. The molecule has 4 N–H and O–H groups in total. The van der Waals surface area contributed by atoms with Gasteiger partial charge in [-0.2, -0.15) is 0 Å². The predicted molar refractivity (Wildman–Crippen MR) is 47.3 cm³/mol. The van der Waals surface area contributed by atoms with Gasteiger partial charge in [0.05, 0.1) is 0 Å². The molecule has 0 bridgehead atoms. The van der Waals surface area contributed by atoms with Crippen LogP contribution in [0.5, 0.6) is 11.5 Å². The topological polar surface area (TPSA) is 66.5 Å². The summed E-state index contributed by atoms with van der Waals surface area (Å²) in [5.74, 6) is -0.648. The number of benzene rings is 1. The molecule has 0 aliphatic rings. The first kappa shape index (κ1) is 10.7. The van der Waals surface area contributed by atoms with Crippen LogP contribution in [0.2, 0.25) is 0 Å². The number of hydrogen-bond donors (Lipinski definition) is 3. The van der Waals surface area contributed by atoms with Crippen LogP contribution in [0, 0.1) is 0 Å². The maximum absolute atomic E-state index is 12.0. The van der Waals surface area contributed by atoms with Gasteiger partial charge in [0.2, 0.25) is 6.43 Å². The minimum absolute atomic E-state index is 0.294. The number of phenols is 2. The first-order valence-electron chi connectivity index (χ1n) is 4.06. The second-order valence-corrected chi connectivity index (χ2v) is 2.98. The fourth-order valence-corrected chi connectivity index (χ4v) is 1.10. The second kappa shape index (κ2) is 4.23. The van der Waals surface area contributed by atoms with Crippen LogP contribution >= 0.6 is 0 Å². The third-order valence-corrected chi connectivity index (χ3v) is 1.86. The van der Waals surface area contributed by atoms with Gasteiger partial charge in [-0.05, 0) is 17.7 Å². The van der Waals surface area contributed by atoms with Crippen LogP contribution in [0.15, 0.2) is 18.2 Å². The van der Waals surface area contributed by atoms with Crippen LogP contribution in [0.4, 0.5) is 8.78 Å². The van der Waals surface area contributed by atoms with Crippen molar-refractivity contribution in [2.75, 3.05) is 0 Å². The van der Waals surface area contributed by atoms with Crippen molar-refractivity contribution in [3.8, 4) is 11.5 Å². The average molecular weight is 203 g/mol. The predicted octanol–water partition coefficient (Wildman–Crippen LogP) is 1.75. The monoisotopic (exact) mass is 203 g/mol. The third kappa shape index (κ3) is 2.56. The lowest BCUT2D eigenvalue weighted by Crippen LogP contribution is -2.13. The molecule has 0 fully saturated rings. The van der Waals surface area contributed by atoms with Gasteiger partial charge >= 0.3 is 0 Å². The number of rotatable bonds is 3. The first-order valence-corrected chi connectivity index (χ1v) is 4.06. The third-order valence-electron chi connectivity index (χ3n) is 1.86. The SMILES string of the molecule is N[C@H](CC(F)F)c1ccc(O)c(O)c1. The molecule has 0 aliphatic carbocycles. The number of halogens is 2. The van der Waals surface area contributed by atoms with Crippen molar-refractivity contribution < 1.29 is 19.0 Å². The summed E-state index contributed by atoms with van der Waals surface area (Å²) >= 11 is 0. The maximum Gasteiger partial charge on any atom is 0.240 e. The highest BCUT2D eigenvalue weighted by molar-refractivity contribution is 5.41. The Bertz CT molecular complexity index is 318. The molecule has 1 aromatic rings. The Labute approximate surface area is 79.8 Å². The van der Waals surface area contributed by atoms with Gasteiger partial charge in [0.25, 0.3) is 0 Å². The number of nitrogens with two attached hydrogens (primary N) is 1. The van der Waals surface area contributed by atoms with Gasteiger partial charge in [0.1, 0.15) is 0 Å². The molecule has 0 saturated heterocycles. The Hall–Kier alpha value is -1.36. The zero-order chi connectivity index (χ0) is 10.7. The Morgan fingerprint density at radius 3 is 2.36 bits per heavy atom. The molecule has 78 valence electrons. The number of aromatic hydroxyl groups is 2. The molecule has 5 heteroatoms. The van der Waals surface area contributed by atoms with Crippen LogP contribution in [0.1, 0.15) is 18.0 Å². The number of alkyl halides is 2. The molecule has 0 unspecified atom stereocenters. The van der Waals surface area contributed by atoms with E-state index in [1.807, 2.05) is 0 Å². The van der Waals surface area contributed by atoms with Crippen LogP contribution in [0.3, 0.4) is 0 Å². The normalized spacial score (nSPS) is 13.1. The van der Waals surface area contributed by atoms with E-state index in [2.05, 4.69) is 0 Å². The summed E-state index contributed by atoms with van der Waals surface area (Å²) < 4.78 is 23.9. The number of phenolic OH excluding ortho intramolecular Hbond substituents is 2. The minimum Gasteiger partial charge on any atom is -0.504 e. The summed E-state index contributed by atoms with van der Waals surface area (Å²) in [6.07, 6.45) is -2.95. The molecule has 3 nitrogen and oxygen atoms in total. The van der Waals surface area contributed by atoms with E-state index in [0.29, 0.717) is 5.56 Å². The van der Waals surface area contributed by atoms with Crippen molar-refractivity contribution in [1.29, 1.82) is 0 Å². The van der Waals surface area contributed by atoms with Crippen molar-refractivity contribution >= 4 is 0 Å². The Balaban J connectivity index is 2.80. The maximum atomic E-state index is 12.0. The van der Waals surface area contributed by atoms with Crippen molar-refractivity contribution in [2.45, 2.75) is 18.9 Å². The Morgan fingerprint density at radius 2 is 1.86 bits per heavy atom. The van der Waals surface area contributed by atoms with E-state index in [0.717, 1.165) is 0 Å². The summed E-state index contributed by atoms with van der Waals surface area (Å²) in [6, 6.07) is 2.97. The standard InChI is InChI=1S/C9H11F2NO2/c10-9(11)4-6(12)5-1-2-7(13)8(14)3-5/h1-3,6,9,13-14H,4,12H2/t6-/m1/s1. The molecule has 1 atom stereocenters. The van der Waals surface area contributed by atoms with Crippen LogP contribution in [-0.2, 0) is 0 Å². The Morgan fingerprint density at radius 1 is 1.21 bits per heavy atom. The van der Waals surface area contributed by atoms with Crippen molar-refractivity contribution in [3.63, 3.8) is 0 Å². The van der Waals surface area contributed by atoms with E-state index in [1.165, 1.54) is 18.2 Å². The molecule has 0 aromatic heterocycles. The van der Waals surface area contributed by atoms with Gasteiger partial charge in [0.15, 0.2) is 11.5 Å². The van der Waals surface area contributed by atoms with Gasteiger partial charge in [-0.1, -0.05) is 6.07 Å². The fourth-order valence-electron chi connectivity index (χ4n) is 1.10. The van der Waals surface area contributed by atoms with E-state index in [9.17, 15) is 8.78 Å². The van der Waals surface area contributed by atoms with E-state index in [1.54, 1.807) is 0 Å². The summed E-state index contributed by atoms with van der Waals surface area (Å²) in [7, 11) is 0. The molecular weight excluding hydrogens is 192 g/mol. The average Bonchev–Trinajstić information content (AvgIpc) is 2.08. The molecule has 0 amide bonds. The second-order valence-electron chi connectivity index (χ2n) is 2.98. The van der Waals surface area contributed by atoms with Crippen molar-refractivity contribution in [3.05, 3.63) is 23.8 Å². The lowest BCUT2D eigenvalue weighted by Gasteiger charge is -2.11. The summed E-state index contributed by atoms with van der Waals surface area (Å²) in [5, 5.41) is 18.1. The molecular formula is C9H11F2NO2. The van der Waals surface area contributed by atoms with Gasteiger partial charge in [-0.25, -0.2) is 8.78 Å². The van der Waals surface area contributed by atoms with Crippen molar-refractivity contribution in [2.24, 2.45) is 5.73 Å². The highest BCUT2D eigenvalue weighted by atomic mass is 19.3. The highest BCUT2D eigenvalue weighted by Crippen LogP contribution is 2.28. The molecule has 1 aromatic carbocycles. The van der Waals surface area contributed by atoms with E-state index < -0.39 is 18.9 Å². The molecule has 0 radical (unpaired) electrons.